The van der Waals surface area contributed by atoms with Crippen LogP contribution in [0.4, 0.5) is 4.79 Å². The topological polar surface area (TPSA) is 61.8 Å². The summed E-state index contributed by atoms with van der Waals surface area (Å²) in [6.45, 7) is 10.9. The van der Waals surface area contributed by atoms with Crippen LogP contribution in [0.3, 0.4) is 0 Å². The predicted octanol–water partition coefficient (Wildman–Crippen LogP) is 3.16. The van der Waals surface area contributed by atoms with E-state index in [2.05, 4.69) is 12.2 Å². The molecule has 1 heterocycles. The summed E-state index contributed by atoms with van der Waals surface area (Å²) in [6, 6.07) is 0.596. The highest BCUT2D eigenvalue weighted by Crippen LogP contribution is 2.44. The zero-order valence-corrected chi connectivity index (χ0v) is 15.9. The quantitative estimate of drug-likeness (QED) is 0.780. The third-order valence-electron chi connectivity index (χ3n) is 5.56. The minimum atomic E-state index is -0.411. The molecule has 2 aliphatic rings. The first kappa shape index (κ1) is 19.5. The molecule has 1 aliphatic heterocycles. The summed E-state index contributed by atoms with van der Waals surface area (Å²) < 4.78 is 5.45. The molecule has 0 bridgehead atoms. The molecule has 1 saturated carbocycles. The highest BCUT2D eigenvalue weighted by atomic mass is 16.6. The van der Waals surface area contributed by atoms with E-state index >= 15 is 0 Å². The Labute approximate surface area is 147 Å². The van der Waals surface area contributed by atoms with Gasteiger partial charge in [0, 0.05) is 31.2 Å². The number of amides is 1. The number of aliphatic hydroxyl groups excluding tert-OH is 1. The standard InChI is InChI=1S/C19H36N2O3/c1-5-15(8-11-22)12-20-16-6-9-19(10-7-16)13-21(14-19)17(23)24-18(2,3)4/h15-16,20,22H,5-14H2,1-4H3. The zero-order valence-electron chi connectivity index (χ0n) is 15.9. The Balaban J connectivity index is 1.68. The van der Waals surface area contributed by atoms with Gasteiger partial charge in [-0.15, -0.1) is 0 Å². The summed E-state index contributed by atoms with van der Waals surface area (Å²) >= 11 is 0. The summed E-state index contributed by atoms with van der Waals surface area (Å²) in [6.07, 6.45) is 6.62. The largest absolute Gasteiger partial charge is 0.444 e. The van der Waals surface area contributed by atoms with Crippen molar-refractivity contribution in [3.05, 3.63) is 0 Å². The average molecular weight is 341 g/mol. The Hall–Kier alpha value is -0.810. The molecular formula is C19H36N2O3. The number of hydrogen-bond donors (Lipinski definition) is 2. The second kappa shape index (κ2) is 8.05. The number of likely N-dealkylation sites (tertiary alicyclic amines) is 1. The molecule has 1 saturated heterocycles. The van der Waals surface area contributed by atoms with Gasteiger partial charge in [-0.05, 0) is 65.3 Å². The Morgan fingerprint density at radius 3 is 2.46 bits per heavy atom. The summed E-state index contributed by atoms with van der Waals surface area (Å²) in [5.41, 5.74) is -0.0733. The second-order valence-corrected chi connectivity index (χ2v) is 8.81. The summed E-state index contributed by atoms with van der Waals surface area (Å²) in [5, 5.41) is 12.8. The van der Waals surface area contributed by atoms with Crippen molar-refractivity contribution >= 4 is 6.09 Å². The van der Waals surface area contributed by atoms with Gasteiger partial charge in [0.25, 0.3) is 0 Å². The number of carbonyl (C=O) groups excluding carboxylic acids is 1. The van der Waals surface area contributed by atoms with Crippen molar-refractivity contribution in [1.82, 2.24) is 10.2 Å². The summed E-state index contributed by atoms with van der Waals surface area (Å²) in [5.74, 6) is 0.581. The van der Waals surface area contributed by atoms with Crippen molar-refractivity contribution in [2.24, 2.45) is 11.3 Å². The molecule has 1 aliphatic carbocycles. The maximum absolute atomic E-state index is 12.1. The molecule has 0 aromatic rings. The van der Waals surface area contributed by atoms with Crippen molar-refractivity contribution in [2.45, 2.75) is 77.9 Å². The zero-order chi connectivity index (χ0) is 17.8. The number of nitrogens with zero attached hydrogens (tertiary/aromatic N) is 1. The van der Waals surface area contributed by atoms with E-state index in [0.29, 0.717) is 17.4 Å². The minimum Gasteiger partial charge on any atom is -0.444 e. The fraction of sp³-hybridized carbons (Fsp3) is 0.947. The van der Waals surface area contributed by atoms with Gasteiger partial charge in [0.2, 0.25) is 0 Å². The van der Waals surface area contributed by atoms with Gasteiger partial charge in [0.1, 0.15) is 5.60 Å². The fourth-order valence-electron chi connectivity index (χ4n) is 3.94. The molecule has 5 heteroatoms. The van der Waals surface area contributed by atoms with Crippen molar-refractivity contribution in [3.63, 3.8) is 0 Å². The van der Waals surface area contributed by atoms with E-state index in [9.17, 15) is 4.79 Å². The van der Waals surface area contributed by atoms with Crippen LogP contribution in [-0.4, -0.2) is 54.0 Å². The van der Waals surface area contributed by atoms with Gasteiger partial charge >= 0.3 is 6.09 Å². The van der Waals surface area contributed by atoms with E-state index in [4.69, 9.17) is 9.84 Å². The lowest BCUT2D eigenvalue weighted by Gasteiger charge is -2.53. The van der Waals surface area contributed by atoms with Crippen LogP contribution >= 0.6 is 0 Å². The summed E-state index contributed by atoms with van der Waals surface area (Å²) in [7, 11) is 0. The Morgan fingerprint density at radius 2 is 1.96 bits per heavy atom. The molecule has 1 amide bonds. The molecule has 1 atom stereocenters. The predicted molar refractivity (Wildman–Crippen MR) is 96.0 cm³/mol. The van der Waals surface area contributed by atoms with Crippen LogP contribution in [0.25, 0.3) is 0 Å². The van der Waals surface area contributed by atoms with Gasteiger partial charge in [0.15, 0.2) is 0 Å². The van der Waals surface area contributed by atoms with E-state index in [-0.39, 0.29) is 12.7 Å². The van der Waals surface area contributed by atoms with Crippen LogP contribution in [0.5, 0.6) is 0 Å². The molecule has 2 N–H and O–H groups in total. The second-order valence-electron chi connectivity index (χ2n) is 8.81. The third-order valence-corrected chi connectivity index (χ3v) is 5.56. The first-order valence-corrected chi connectivity index (χ1v) is 9.59. The lowest BCUT2D eigenvalue weighted by Crippen LogP contribution is -2.61. The average Bonchev–Trinajstić information content (AvgIpc) is 2.48. The Morgan fingerprint density at radius 1 is 1.33 bits per heavy atom. The molecule has 2 rings (SSSR count). The van der Waals surface area contributed by atoms with Crippen molar-refractivity contribution < 1.29 is 14.6 Å². The van der Waals surface area contributed by atoms with Crippen molar-refractivity contribution in [2.75, 3.05) is 26.2 Å². The highest BCUT2D eigenvalue weighted by molar-refractivity contribution is 5.69. The number of aliphatic hydroxyl groups is 1. The number of rotatable bonds is 6. The first-order chi connectivity index (χ1) is 11.3. The number of nitrogens with one attached hydrogen (secondary N) is 1. The highest BCUT2D eigenvalue weighted by Gasteiger charge is 2.47. The van der Waals surface area contributed by atoms with Gasteiger partial charge in [-0.25, -0.2) is 4.79 Å². The molecule has 2 fully saturated rings. The van der Waals surface area contributed by atoms with Gasteiger partial charge in [-0.2, -0.15) is 0 Å². The fourth-order valence-corrected chi connectivity index (χ4v) is 3.94. The maximum Gasteiger partial charge on any atom is 0.410 e. The molecule has 24 heavy (non-hydrogen) atoms. The molecule has 1 unspecified atom stereocenters. The molecule has 0 aromatic heterocycles. The van der Waals surface area contributed by atoms with Crippen LogP contribution in [0.15, 0.2) is 0 Å². The van der Waals surface area contributed by atoms with Crippen LogP contribution in [-0.2, 0) is 4.74 Å². The maximum atomic E-state index is 12.1. The molecular weight excluding hydrogens is 304 g/mol. The first-order valence-electron chi connectivity index (χ1n) is 9.59. The normalized spacial score (nSPS) is 22.3. The number of ether oxygens (including phenoxy) is 1. The van der Waals surface area contributed by atoms with E-state index < -0.39 is 5.60 Å². The van der Waals surface area contributed by atoms with Gasteiger partial charge in [-0.1, -0.05) is 13.3 Å². The smallest absolute Gasteiger partial charge is 0.410 e. The van der Waals surface area contributed by atoms with Crippen LogP contribution in [0.1, 0.15) is 66.2 Å². The van der Waals surface area contributed by atoms with Crippen molar-refractivity contribution in [3.8, 4) is 0 Å². The van der Waals surface area contributed by atoms with Gasteiger partial charge in [-0.3, -0.25) is 0 Å². The van der Waals surface area contributed by atoms with E-state index in [0.717, 1.165) is 32.5 Å². The van der Waals surface area contributed by atoms with E-state index in [1.165, 1.54) is 25.7 Å². The van der Waals surface area contributed by atoms with Crippen LogP contribution in [0, 0.1) is 11.3 Å². The summed E-state index contributed by atoms with van der Waals surface area (Å²) in [4.78, 5) is 13.9. The Bertz CT molecular complexity index is 403. The minimum absolute atomic E-state index is 0.164. The molecule has 1 spiro atoms. The van der Waals surface area contributed by atoms with Gasteiger partial charge < -0.3 is 20.1 Å². The monoisotopic (exact) mass is 340 g/mol. The number of carbonyl (C=O) groups is 1. The lowest BCUT2D eigenvalue weighted by atomic mass is 9.67. The van der Waals surface area contributed by atoms with Crippen LogP contribution in [0.2, 0.25) is 0 Å². The van der Waals surface area contributed by atoms with E-state index in [1.807, 2.05) is 25.7 Å². The molecule has 140 valence electrons. The number of hydrogen-bond acceptors (Lipinski definition) is 4. The SMILES string of the molecule is CCC(CCO)CNC1CCC2(CC1)CN(C(=O)OC(C)(C)C)C2. The lowest BCUT2D eigenvalue weighted by molar-refractivity contribution is -0.0517. The van der Waals surface area contributed by atoms with Crippen molar-refractivity contribution in [1.29, 1.82) is 0 Å². The molecule has 0 radical (unpaired) electrons. The third kappa shape index (κ3) is 5.35. The Kier molecular flexibility index (Phi) is 6.54. The molecule has 0 aromatic carbocycles. The van der Waals surface area contributed by atoms with Crippen LogP contribution < -0.4 is 5.32 Å². The van der Waals surface area contributed by atoms with Gasteiger partial charge in [0.05, 0.1) is 0 Å². The van der Waals surface area contributed by atoms with E-state index in [1.54, 1.807) is 0 Å². The molecule has 5 nitrogen and oxygen atoms in total.